The summed E-state index contributed by atoms with van der Waals surface area (Å²) < 4.78 is 2.95. The quantitative estimate of drug-likeness (QED) is 0.557. The van der Waals surface area contributed by atoms with Crippen LogP contribution in [0.5, 0.6) is 0 Å². The summed E-state index contributed by atoms with van der Waals surface area (Å²) in [6.45, 7) is 0.469. The van der Waals surface area contributed by atoms with E-state index in [9.17, 15) is 4.79 Å². The summed E-state index contributed by atoms with van der Waals surface area (Å²) in [7, 11) is 0. The number of nitrogens with one attached hydrogen (secondary N) is 1. The number of benzene rings is 2. The average molecular weight is 457 g/mol. The van der Waals surface area contributed by atoms with E-state index in [1.165, 1.54) is 12.1 Å². The van der Waals surface area contributed by atoms with E-state index >= 15 is 0 Å². The fourth-order valence-corrected chi connectivity index (χ4v) is 5.13. The van der Waals surface area contributed by atoms with Gasteiger partial charge in [-0.1, -0.05) is 45.7 Å². The summed E-state index contributed by atoms with van der Waals surface area (Å²) in [5, 5.41) is 8.51. The predicted octanol–water partition coefficient (Wildman–Crippen LogP) is 5.58. The Morgan fingerprint density at radius 3 is 2.68 bits per heavy atom. The van der Waals surface area contributed by atoms with E-state index in [0.29, 0.717) is 29.1 Å². The standard InChI is InChI=1S/C22H19BrClN3O/c23-18-4-2-1-3-15(18)12-25-22(28)20-19-13-5-6-14(11-13)21(19)27(26-20)17-9-7-16(24)8-10-17/h1-4,7-10,13-14H,5-6,11-12H2,(H,25,28)/t13-,14-/m0/s1. The normalized spacial score (nSPS) is 19.6. The molecule has 0 spiro atoms. The molecule has 2 aromatic carbocycles. The predicted molar refractivity (Wildman–Crippen MR) is 113 cm³/mol. The molecule has 6 heteroatoms. The second-order valence-corrected chi connectivity index (χ2v) is 8.81. The molecule has 4 nitrogen and oxygen atoms in total. The van der Waals surface area contributed by atoms with Crippen LogP contribution in [-0.4, -0.2) is 15.7 Å². The minimum Gasteiger partial charge on any atom is -0.347 e. The lowest BCUT2D eigenvalue weighted by Crippen LogP contribution is -2.25. The number of nitrogens with zero attached hydrogens (tertiary/aromatic N) is 2. The van der Waals surface area contributed by atoms with Gasteiger partial charge in [0.2, 0.25) is 0 Å². The summed E-state index contributed by atoms with van der Waals surface area (Å²) in [6.07, 6.45) is 3.45. The van der Waals surface area contributed by atoms with Crippen LogP contribution >= 0.6 is 27.5 Å². The molecule has 1 fully saturated rings. The van der Waals surface area contributed by atoms with Crippen LogP contribution < -0.4 is 5.32 Å². The molecule has 0 saturated heterocycles. The molecule has 28 heavy (non-hydrogen) atoms. The molecule has 1 N–H and O–H groups in total. The lowest BCUT2D eigenvalue weighted by Gasteiger charge is -2.14. The summed E-state index contributed by atoms with van der Waals surface area (Å²) >= 11 is 9.59. The smallest absolute Gasteiger partial charge is 0.272 e. The zero-order chi connectivity index (χ0) is 19.3. The molecule has 2 atom stereocenters. The SMILES string of the molecule is O=C(NCc1ccccc1Br)c1nn(-c2ccc(Cl)cc2)c2c1[C@H]1CC[C@H]2C1. The molecule has 2 bridgehead atoms. The van der Waals surface area contributed by atoms with Crippen molar-refractivity contribution in [3.8, 4) is 5.69 Å². The molecule has 1 amide bonds. The fourth-order valence-electron chi connectivity index (χ4n) is 4.58. The highest BCUT2D eigenvalue weighted by atomic mass is 79.9. The number of amides is 1. The van der Waals surface area contributed by atoms with Crippen molar-refractivity contribution in [1.29, 1.82) is 0 Å². The summed E-state index contributed by atoms with van der Waals surface area (Å²) in [5.74, 6) is 0.838. The maximum Gasteiger partial charge on any atom is 0.272 e. The Labute approximate surface area is 177 Å². The van der Waals surface area contributed by atoms with Crippen LogP contribution in [0.3, 0.4) is 0 Å². The van der Waals surface area contributed by atoms with Crippen molar-refractivity contribution in [2.75, 3.05) is 0 Å². The van der Waals surface area contributed by atoms with Crippen molar-refractivity contribution < 1.29 is 4.79 Å². The van der Waals surface area contributed by atoms with Gasteiger partial charge in [-0.15, -0.1) is 0 Å². The fraction of sp³-hybridized carbons (Fsp3) is 0.273. The molecule has 1 aromatic heterocycles. The first kappa shape index (κ1) is 18.0. The number of carbonyl (C=O) groups excluding carboxylic acids is 1. The van der Waals surface area contributed by atoms with Crippen LogP contribution in [0.1, 0.15) is 58.4 Å². The summed E-state index contributed by atoms with van der Waals surface area (Å²) in [5.41, 5.74) is 4.94. The van der Waals surface area contributed by atoms with Gasteiger partial charge in [0.1, 0.15) is 0 Å². The van der Waals surface area contributed by atoms with E-state index in [4.69, 9.17) is 16.7 Å². The molecule has 0 unspecified atom stereocenters. The highest BCUT2D eigenvalue weighted by molar-refractivity contribution is 9.10. The number of hydrogen-bond donors (Lipinski definition) is 1. The molecule has 1 heterocycles. The van der Waals surface area contributed by atoms with Crippen molar-refractivity contribution in [1.82, 2.24) is 15.1 Å². The monoisotopic (exact) mass is 455 g/mol. The first-order valence-corrected chi connectivity index (χ1v) is 10.7. The van der Waals surface area contributed by atoms with Crippen LogP contribution in [0.2, 0.25) is 5.02 Å². The largest absolute Gasteiger partial charge is 0.347 e. The van der Waals surface area contributed by atoms with Crippen LogP contribution in [0.25, 0.3) is 5.69 Å². The Kier molecular flexibility index (Phi) is 4.52. The Bertz CT molecular complexity index is 1060. The molecule has 3 aromatic rings. The average Bonchev–Trinajstić information content (AvgIpc) is 3.40. The van der Waals surface area contributed by atoms with Gasteiger partial charge in [0, 0.05) is 27.5 Å². The molecule has 2 aliphatic rings. The molecule has 0 aliphatic heterocycles. The third-order valence-electron chi connectivity index (χ3n) is 5.87. The Morgan fingerprint density at radius 2 is 1.89 bits per heavy atom. The molecule has 5 rings (SSSR count). The number of carbonyl (C=O) groups is 1. The number of hydrogen-bond acceptors (Lipinski definition) is 2. The van der Waals surface area contributed by atoms with Gasteiger partial charge in [-0.2, -0.15) is 5.10 Å². The van der Waals surface area contributed by atoms with Gasteiger partial charge in [-0.25, -0.2) is 4.68 Å². The Hall–Kier alpha value is -2.11. The zero-order valence-electron chi connectivity index (χ0n) is 15.2. The minimum atomic E-state index is -0.104. The van der Waals surface area contributed by atoms with Gasteiger partial charge in [-0.05, 0) is 61.1 Å². The van der Waals surface area contributed by atoms with Gasteiger partial charge < -0.3 is 5.32 Å². The number of rotatable bonds is 4. The first-order chi connectivity index (χ1) is 13.6. The third-order valence-corrected chi connectivity index (χ3v) is 6.90. The molecular weight excluding hydrogens is 438 g/mol. The topological polar surface area (TPSA) is 46.9 Å². The molecule has 1 saturated carbocycles. The van der Waals surface area contributed by atoms with Crippen LogP contribution in [0.15, 0.2) is 53.0 Å². The van der Waals surface area contributed by atoms with Gasteiger partial charge >= 0.3 is 0 Å². The van der Waals surface area contributed by atoms with Gasteiger partial charge in [0.15, 0.2) is 5.69 Å². The van der Waals surface area contributed by atoms with Gasteiger partial charge in [0.05, 0.1) is 11.4 Å². The van der Waals surface area contributed by atoms with E-state index in [2.05, 4.69) is 21.2 Å². The lowest BCUT2D eigenvalue weighted by molar-refractivity contribution is 0.0944. The molecule has 2 aliphatic carbocycles. The Balaban J connectivity index is 1.49. The van der Waals surface area contributed by atoms with Crippen molar-refractivity contribution in [3.63, 3.8) is 0 Å². The summed E-state index contributed by atoms with van der Waals surface area (Å²) in [4.78, 5) is 13.0. The minimum absolute atomic E-state index is 0.104. The van der Waals surface area contributed by atoms with Crippen molar-refractivity contribution in [2.45, 2.75) is 37.6 Å². The molecule has 142 valence electrons. The van der Waals surface area contributed by atoms with Crippen LogP contribution in [0.4, 0.5) is 0 Å². The second kappa shape index (κ2) is 7.05. The van der Waals surface area contributed by atoms with Gasteiger partial charge in [-0.3, -0.25) is 4.79 Å². The van der Waals surface area contributed by atoms with E-state index in [-0.39, 0.29) is 5.91 Å². The number of aromatic nitrogens is 2. The third kappa shape index (κ3) is 2.97. The van der Waals surface area contributed by atoms with Crippen LogP contribution in [-0.2, 0) is 6.54 Å². The van der Waals surface area contributed by atoms with E-state index in [1.807, 2.05) is 53.2 Å². The highest BCUT2D eigenvalue weighted by Crippen LogP contribution is 2.54. The maximum absolute atomic E-state index is 13.0. The lowest BCUT2D eigenvalue weighted by atomic mass is 9.95. The van der Waals surface area contributed by atoms with Crippen molar-refractivity contribution >= 4 is 33.4 Å². The van der Waals surface area contributed by atoms with E-state index < -0.39 is 0 Å². The first-order valence-electron chi connectivity index (χ1n) is 9.52. The highest BCUT2D eigenvalue weighted by Gasteiger charge is 2.44. The van der Waals surface area contributed by atoms with Crippen molar-refractivity contribution in [2.24, 2.45) is 0 Å². The molecular formula is C22H19BrClN3O. The van der Waals surface area contributed by atoms with Crippen LogP contribution in [0, 0.1) is 0 Å². The maximum atomic E-state index is 13.0. The van der Waals surface area contributed by atoms with Crippen molar-refractivity contribution in [3.05, 3.63) is 80.5 Å². The van der Waals surface area contributed by atoms with E-state index in [0.717, 1.165) is 34.1 Å². The number of halogens is 2. The zero-order valence-corrected chi connectivity index (χ0v) is 17.5. The second-order valence-electron chi connectivity index (χ2n) is 7.52. The summed E-state index contributed by atoms with van der Waals surface area (Å²) in [6, 6.07) is 15.6. The number of fused-ring (bicyclic) bond motifs is 5. The molecule has 0 radical (unpaired) electrons. The van der Waals surface area contributed by atoms with E-state index in [1.54, 1.807) is 0 Å². The van der Waals surface area contributed by atoms with Gasteiger partial charge in [0.25, 0.3) is 5.91 Å². The Morgan fingerprint density at radius 1 is 1.14 bits per heavy atom.